The second-order valence-corrected chi connectivity index (χ2v) is 7.02. The summed E-state index contributed by atoms with van der Waals surface area (Å²) >= 11 is 1.42. The van der Waals surface area contributed by atoms with Crippen LogP contribution in [0.2, 0.25) is 0 Å². The Morgan fingerprint density at radius 1 is 1.15 bits per heavy atom. The zero-order valence-electron chi connectivity index (χ0n) is 14.8. The highest BCUT2D eigenvalue weighted by Crippen LogP contribution is 2.24. The standard InChI is InChI=1S/C20H21N3O2S/c1-3-25-17-11-9-15(10-12-17)13-18-19(24)21-20(26-18)23-22-14(2)16-7-5-4-6-8-16/h4-12,18H,3,13H2,1-2H3,(H,21,23,24)/b22-14-/t18-/m1/s1. The minimum atomic E-state index is -0.195. The van der Waals surface area contributed by atoms with Gasteiger partial charge in [0.05, 0.1) is 17.6 Å². The smallest absolute Gasteiger partial charge is 0.239 e. The summed E-state index contributed by atoms with van der Waals surface area (Å²) in [7, 11) is 0. The van der Waals surface area contributed by atoms with Gasteiger partial charge >= 0.3 is 0 Å². The number of nitrogens with one attached hydrogen (secondary N) is 1. The van der Waals surface area contributed by atoms with Crippen molar-refractivity contribution in [3.05, 3.63) is 65.7 Å². The first-order valence-electron chi connectivity index (χ1n) is 8.52. The van der Waals surface area contributed by atoms with Gasteiger partial charge in [0, 0.05) is 0 Å². The molecule has 2 aromatic carbocycles. The molecule has 26 heavy (non-hydrogen) atoms. The van der Waals surface area contributed by atoms with E-state index < -0.39 is 0 Å². The number of hydrogen-bond acceptors (Lipinski definition) is 5. The first kappa shape index (κ1) is 18.2. The maximum atomic E-state index is 12.2. The van der Waals surface area contributed by atoms with Gasteiger partial charge in [0.25, 0.3) is 0 Å². The maximum Gasteiger partial charge on any atom is 0.239 e. The van der Waals surface area contributed by atoms with Crippen LogP contribution in [-0.2, 0) is 11.2 Å². The molecule has 0 aromatic heterocycles. The monoisotopic (exact) mass is 367 g/mol. The van der Waals surface area contributed by atoms with Crippen LogP contribution in [0.15, 0.2) is 64.8 Å². The SMILES string of the molecule is CCOc1ccc(C[C@H]2S/C(=N\N=C(\C)c3ccccc3)NC2=O)cc1. The van der Waals surface area contributed by atoms with E-state index in [9.17, 15) is 4.79 Å². The molecule has 0 saturated carbocycles. The Labute approximate surface area is 157 Å². The molecule has 134 valence electrons. The quantitative estimate of drug-likeness (QED) is 0.626. The number of amides is 1. The number of carbonyl (C=O) groups excluding carboxylic acids is 1. The lowest BCUT2D eigenvalue weighted by molar-refractivity contribution is -0.118. The van der Waals surface area contributed by atoms with Gasteiger partial charge in [-0.05, 0) is 43.5 Å². The largest absolute Gasteiger partial charge is 0.494 e. The molecule has 0 radical (unpaired) electrons. The van der Waals surface area contributed by atoms with E-state index in [4.69, 9.17) is 4.74 Å². The lowest BCUT2D eigenvalue weighted by atomic mass is 10.1. The van der Waals surface area contributed by atoms with Gasteiger partial charge in [0.2, 0.25) is 5.91 Å². The molecule has 0 bridgehead atoms. The van der Waals surface area contributed by atoms with Crippen molar-refractivity contribution in [1.29, 1.82) is 0 Å². The number of benzene rings is 2. The number of thioether (sulfide) groups is 1. The van der Waals surface area contributed by atoms with Crippen LogP contribution in [-0.4, -0.2) is 28.6 Å². The Morgan fingerprint density at radius 2 is 1.88 bits per heavy atom. The van der Waals surface area contributed by atoms with E-state index in [1.165, 1.54) is 11.8 Å². The first-order chi connectivity index (χ1) is 12.7. The molecule has 2 aromatic rings. The summed E-state index contributed by atoms with van der Waals surface area (Å²) in [5, 5.41) is 11.6. The van der Waals surface area contributed by atoms with Crippen LogP contribution in [0.4, 0.5) is 0 Å². The fraction of sp³-hybridized carbons (Fsp3) is 0.250. The third-order valence-corrected chi connectivity index (χ3v) is 4.99. The third-order valence-electron chi connectivity index (χ3n) is 3.91. The van der Waals surface area contributed by atoms with Crippen molar-refractivity contribution in [2.75, 3.05) is 6.61 Å². The summed E-state index contributed by atoms with van der Waals surface area (Å²) in [5.74, 6) is 0.808. The van der Waals surface area contributed by atoms with Crippen molar-refractivity contribution in [2.24, 2.45) is 10.2 Å². The van der Waals surface area contributed by atoms with Crippen LogP contribution in [0.3, 0.4) is 0 Å². The van der Waals surface area contributed by atoms with E-state index in [0.717, 1.165) is 22.6 Å². The molecule has 1 amide bonds. The Hall–Kier alpha value is -2.60. The fourth-order valence-corrected chi connectivity index (χ4v) is 3.51. The number of hydrogen-bond donors (Lipinski definition) is 1. The van der Waals surface area contributed by atoms with Crippen LogP contribution in [0.1, 0.15) is 25.0 Å². The molecule has 1 atom stereocenters. The van der Waals surface area contributed by atoms with Crippen LogP contribution >= 0.6 is 11.8 Å². The van der Waals surface area contributed by atoms with Gasteiger partial charge in [-0.3, -0.25) is 4.79 Å². The molecule has 0 unspecified atom stereocenters. The molecule has 0 spiro atoms. The minimum absolute atomic E-state index is 0.0322. The van der Waals surface area contributed by atoms with E-state index in [2.05, 4.69) is 15.5 Å². The number of amidine groups is 1. The number of ether oxygens (including phenoxy) is 1. The highest BCUT2D eigenvalue weighted by Gasteiger charge is 2.30. The summed E-state index contributed by atoms with van der Waals surface area (Å²) in [5.41, 5.74) is 2.91. The van der Waals surface area contributed by atoms with E-state index in [1.807, 2.05) is 68.4 Å². The molecule has 5 nitrogen and oxygen atoms in total. The Balaban J connectivity index is 1.63. The molecular weight excluding hydrogens is 346 g/mol. The van der Waals surface area contributed by atoms with Gasteiger partial charge in [0.15, 0.2) is 5.17 Å². The van der Waals surface area contributed by atoms with E-state index in [0.29, 0.717) is 18.2 Å². The van der Waals surface area contributed by atoms with Crippen LogP contribution in [0.25, 0.3) is 0 Å². The predicted octanol–water partition coefficient (Wildman–Crippen LogP) is 3.64. The van der Waals surface area contributed by atoms with E-state index >= 15 is 0 Å². The van der Waals surface area contributed by atoms with Crippen molar-refractivity contribution in [1.82, 2.24) is 5.32 Å². The van der Waals surface area contributed by atoms with Gasteiger partial charge < -0.3 is 10.1 Å². The van der Waals surface area contributed by atoms with Crippen molar-refractivity contribution >= 4 is 28.5 Å². The van der Waals surface area contributed by atoms with Crippen molar-refractivity contribution in [3.63, 3.8) is 0 Å². The highest BCUT2D eigenvalue weighted by atomic mass is 32.2. The van der Waals surface area contributed by atoms with Gasteiger partial charge in [-0.25, -0.2) is 0 Å². The Kier molecular flexibility index (Phi) is 6.07. The van der Waals surface area contributed by atoms with Gasteiger partial charge in [-0.15, -0.1) is 5.10 Å². The predicted molar refractivity (Wildman–Crippen MR) is 107 cm³/mol. The summed E-state index contributed by atoms with van der Waals surface area (Å²) in [6.45, 7) is 4.50. The van der Waals surface area contributed by atoms with Crippen LogP contribution in [0, 0.1) is 0 Å². The molecule has 1 heterocycles. The molecule has 1 aliphatic rings. The molecule has 3 rings (SSSR count). The normalized spacial score (nSPS) is 18.8. The Bertz CT molecular complexity index is 817. The van der Waals surface area contributed by atoms with Gasteiger partial charge in [-0.1, -0.05) is 54.2 Å². The average molecular weight is 367 g/mol. The molecule has 0 aliphatic carbocycles. The lowest BCUT2D eigenvalue weighted by Gasteiger charge is -2.07. The highest BCUT2D eigenvalue weighted by molar-refractivity contribution is 8.15. The topological polar surface area (TPSA) is 63.1 Å². The minimum Gasteiger partial charge on any atom is -0.494 e. The second kappa shape index (κ2) is 8.67. The summed E-state index contributed by atoms with van der Waals surface area (Å²) in [4.78, 5) is 12.2. The zero-order chi connectivity index (χ0) is 18.4. The number of carbonyl (C=O) groups is 1. The van der Waals surface area contributed by atoms with Crippen LogP contribution < -0.4 is 10.1 Å². The summed E-state index contributed by atoms with van der Waals surface area (Å²) in [6, 6.07) is 17.7. The van der Waals surface area contributed by atoms with Crippen molar-refractivity contribution < 1.29 is 9.53 Å². The molecule has 1 N–H and O–H groups in total. The molecule has 1 saturated heterocycles. The third kappa shape index (κ3) is 4.73. The molecule has 6 heteroatoms. The number of rotatable bonds is 6. The average Bonchev–Trinajstić information content (AvgIpc) is 3.02. The maximum absolute atomic E-state index is 12.2. The second-order valence-electron chi connectivity index (χ2n) is 5.83. The van der Waals surface area contributed by atoms with E-state index in [-0.39, 0.29) is 11.2 Å². The molecular formula is C20H21N3O2S. The van der Waals surface area contributed by atoms with E-state index in [1.54, 1.807) is 0 Å². The summed E-state index contributed by atoms with van der Waals surface area (Å²) < 4.78 is 5.44. The zero-order valence-corrected chi connectivity index (χ0v) is 15.6. The number of nitrogens with zero attached hydrogens (tertiary/aromatic N) is 2. The fourth-order valence-electron chi connectivity index (χ4n) is 2.55. The molecule has 1 fully saturated rings. The van der Waals surface area contributed by atoms with Gasteiger partial charge in [0.1, 0.15) is 5.75 Å². The lowest BCUT2D eigenvalue weighted by Crippen LogP contribution is -2.25. The first-order valence-corrected chi connectivity index (χ1v) is 9.40. The summed E-state index contributed by atoms with van der Waals surface area (Å²) in [6.07, 6.45) is 0.642. The van der Waals surface area contributed by atoms with Crippen molar-refractivity contribution in [2.45, 2.75) is 25.5 Å². The molecule has 1 aliphatic heterocycles. The Morgan fingerprint density at radius 3 is 2.58 bits per heavy atom. The van der Waals surface area contributed by atoms with Gasteiger partial charge in [-0.2, -0.15) is 5.10 Å². The van der Waals surface area contributed by atoms with Crippen molar-refractivity contribution in [3.8, 4) is 5.75 Å². The van der Waals surface area contributed by atoms with Crippen LogP contribution in [0.5, 0.6) is 5.75 Å².